The second-order valence-electron chi connectivity index (χ2n) is 3.22. The molecule has 0 aromatic heterocycles. The molecular weight excluding hydrogens is 194 g/mol. The Kier molecular flexibility index (Phi) is 14.9. The topological polar surface area (TPSA) is 67.6 Å². The van der Waals surface area contributed by atoms with Gasteiger partial charge in [-0.05, 0) is 28.1 Å². The number of nitrogens with zero attached hydrogens (tertiary/aromatic N) is 1. The van der Waals surface area contributed by atoms with Crippen molar-refractivity contribution < 1.29 is 9.53 Å². The maximum Gasteiger partial charge on any atom is 0.218 e. The molecule has 5 nitrogen and oxygen atoms in total. The molecule has 0 bridgehead atoms. The van der Waals surface area contributed by atoms with E-state index in [1.807, 2.05) is 33.0 Å². The summed E-state index contributed by atoms with van der Waals surface area (Å²) in [6.07, 6.45) is 0.419. The third-order valence-electron chi connectivity index (χ3n) is 1.56. The lowest BCUT2D eigenvalue weighted by molar-refractivity contribution is -0.118. The van der Waals surface area contributed by atoms with E-state index in [2.05, 4.69) is 5.32 Å². The minimum Gasteiger partial charge on any atom is -0.380 e. The number of hydrogen-bond acceptors (Lipinski definition) is 4. The number of primary amides is 1. The lowest BCUT2D eigenvalue weighted by Gasteiger charge is -2.14. The minimum atomic E-state index is -0.252. The highest BCUT2D eigenvalue weighted by Crippen LogP contribution is 1.86. The van der Waals surface area contributed by atoms with Crippen molar-refractivity contribution >= 4 is 5.91 Å². The SMILES string of the molecule is CCOCCN(C)CCC(N)=O.CNC. The van der Waals surface area contributed by atoms with E-state index < -0.39 is 0 Å². The van der Waals surface area contributed by atoms with Gasteiger partial charge in [0.15, 0.2) is 0 Å². The van der Waals surface area contributed by atoms with Gasteiger partial charge in [0, 0.05) is 26.1 Å². The van der Waals surface area contributed by atoms with Crippen LogP contribution in [0.2, 0.25) is 0 Å². The van der Waals surface area contributed by atoms with Crippen LogP contribution in [-0.2, 0) is 9.53 Å². The Balaban J connectivity index is 0. The first kappa shape index (κ1) is 16.8. The van der Waals surface area contributed by atoms with Crippen molar-refractivity contribution in [3.63, 3.8) is 0 Å². The molecule has 0 aliphatic carbocycles. The Morgan fingerprint density at radius 2 is 1.93 bits per heavy atom. The summed E-state index contributed by atoms with van der Waals surface area (Å²) >= 11 is 0. The van der Waals surface area contributed by atoms with Crippen molar-refractivity contribution in [1.82, 2.24) is 10.2 Å². The molecule has 0 rings (SSSR count). The van der Waals surface area contributed by atoms with Crippen molar-refractivity contribution in [1.29, 1.82) is 0 Å². The summed E-state index contributed by atoms with van der Waals surface area (Å²) < 4.78 is 5.15. The maximum absolute atomic E-state index is 10.4. The van der Waals surface area contributed by atoms with Crippen LogP contribution in [0.5, 0.6) is 0 Å². The summed E-state index contributed by atoms with van der Waals surface area (Å²) in [5.74, 6) is -0.252. The van der Waals surface area contributed by atoms with Gasteiger partial charge in [0.2, 0.25) is 5.91 Å². The fraction of sp³-hybridized carbons (Fsp3) is 0.900. The van der Waals surface area contributed by atoms with E-state index in [4.69, 9.17) is 10.5 Å². The van der Waals surface area contributed by atoms with Gasteiger partial charge < -0.3 is 20.7 Å². The summed E-state index contributed by atoms with van der Waals surface area (Å²) in [4.78, 5) is 12.4. The maximum atomic E-state index is 10.4. The van der Waals surface area contributed by atoms with Crippen molar-refractivity contribution in [3.8, 4) is 0 Å². The molecule has 0 heterocycles. The molecule has 0 aromatic rings. The molecule has 0 aliphatic rings. The fourth-order valence-electron chi connectivity index (χ4n) is 0.778. The van der Waals surface area contributed by atoms with E-state index in [-0.39, 0.29) is 5.91 Å². The highest BCUT2D eigenvalue weighted by molar-refractivity contribution is 5.73. The Bertz CT molecular complexity index is 143. The Hall–Kier alpha value is -0.650. The predicted octanol–water partition coefficient (Wildman–Crippen LogP) is -0.334. The molecule has 0 radical (unpaired) electrons. The van der Waals surface area contributed by atoms with E-state index in [0.29, 0.717) is 19.6 Å². The number of likely N-dealkylation sites (N-methyl/N-ethyl adjacent to an activating group) is 1. The van der Waals surface area contributed by atoms with Crippen LogP contribution in [0.1, 0.15) is 13.3 Å². The molecule has 0 aromatic carbocycles. The molecule has 0 unspecified atom stereocenters. The van der Waals surface area contributed by atoms with E-state index in [0.717, 1.165) is 13.2 Å². The zero-order valence-corrected chi connectivity index (χ0v) is 10.4. The normalized spacial score (nSPS) is 9.67. The minimum absolute atomic E-state index is 0.252. The number of hydrogen-bond donors (Lipinski definition) is 2. The van der Waals surface area contributed by atoms with Crippen molar-refractivity contribution in [2.24, 2.45) is 5.73 Å². The summed E-state index contributed by atoms with van der Waals surface area (Å²) in [7, 11) is 5.70. The zero-order chi connectivity index (χ0) is 12.1. The second kappa shape index (κ2) is 13.4. The van der Waals surface area contributed by atoms with E-state index in [9.17, 15) is 4.79 Å². The van der Waals surface area contributed by atoms with Crippen molar-refractivity contribution in [2.75, 3.05) is 47.4 Å². The number of carbonyl (C=O) groups is 1. The third-order valence-corrected chi connectivity index (χ3v) is 1.56. The Labute approximate surface area is 93.0 Å². The highest BCUT2D eigenvalue weighted by atomic mass is 16.5. The van der Waals surface area contributed by atoms with E-state index >= 15 is 0 Å². The van der Waals surface area contributed by atoms with Crippen LogP contribution in [0.15, 0.2) is 0 Å². The van der Waals surface area contributed by atoms with E-state index in [1.54, 1.807) is 0 Å². The summed E-state index contributed by atoms with van der Waals surface area (Å²) in [5, 5.41) is 2.75. The molecule has 0 saturated carbocycles. The van der Waals surface area contributed by atoms with Gasteiger partial charge in [-0.25, -0.2) is 0 Å². The summed E-state index contributed by atoms with van der Waals surface area (Å²) in [5.41, 5.74) is 5.00. The standard InChI is InChI=1S/C8H18N2O2.C2H7N/c1-3-12-7-6-10(2)5-4-8(9)11;1-3-2/h3-7H2,1-2H3,(H2,9,11);3H,1-2H3. The monoisotopic (exact) mass is 219 g/mol. The van der Waals surface area contributed by atoms with Gasteiger partial charge >= 0.3 is 0 Å². The van der Waals surface area contributed by atoms with Crippen LogP contribution in [0.3, 0.4) is 0 Å². The van der Waals surface area contributed by atoms with Crippen LogP contribution >= 0.6 is 0 Å². The number of nitrogens with two attached hydrogens (primary N) is 1. The molecule has 1 amide bonds. The first-order chi connectivity index (χ1) is 7.08. The van der Waals surface area contributed by atoms with Gasteiger partial charge in [0.25, 0.3) is 0 Å². The predicted molar refractivity (Wildman–Crippen MR) is 62.8 cm³/mol. The molecular formula is C10H25N3O2. The zero-order valence-electron chi connectivity index (χ0n) is 10.4. The molecule has 0 saturated heterocycles. The highest BCUT2D eigenvalue weighted by Gasteiger charge is 1.99. The molecule has 5 heteroatoms. The third kappa shape index (κ3) is 19.7. The molecule has 3 N–H and O–H groups in total. The largest absolute Gasteiger partial charge is 0.380 e. The molecule has 0 aliphatic heterocycles. The van der Waals surface area contributed by atoms with Crippen LogP contribution in [-0.4, -0.2) is 58.3 Å². The second-order valence-corrected chi connectivity index (χ2v) is 3.22. The van der Waals surface area contributed by atoms with Crippen LogP contribution in [0.4, 0.5) is 0 Å². The van der Waals surface area contributed by atoms with Gasteiger partial charge in [0.1, 0.15) is 0 Å². The average molecular weight is 219 g/mol. The average Bonchev–Trinajstić information content (AvgIpc) is 2.16. The van der Waals surface area contributed by atoms with Crippen LogP contribution < -0.4 is 11.1 Å². The Morgan fingerprint density at radius 3 is 2.33 bits per heavy atom. The molecule has 92 valence electrons. The lowest BCUT2D eigenvalue weighted by atomic mass is 10.4. The summed E-state index contributed by atoms with van der Waals surface area (Å²) in [6, 6.07) is 0. The first-order valence-corrected chi connectivity index (χ1v) is 5.21. The number of nitrogens with one attached hydrogen (secondary N) is 1. The van der Waals surface area contributed by atoms with Gasteiger partial charge in [-0.1, -0.05) is 0 Å². The molecule has 0 fully saturated rings. The van der Waals surface area contributed by atoms with Crippen molar-refractivity contribution in [3.05, 3.63) is 0 Å². The lowest BCUT2D eigenvalue weighted by Crippen LogP contribution is -2.27. The van der Waals surface area contributed by atoms with Crippen molar-refractivity contribution in [2.45, 2.75) is 13.3 Å². The Morgan fingerprint density at radius 1 is 1.40 bits per heavy atom. The van der Waals surface area contributed by atoms with Gasteiger partial charge in [0.05, 0.1) is 6.61 Å². The fourth-order valence-corrected chi connectivity index (χ4v) is 0.778. The van der Waals surface area contributed by atoms with E-state index in [1.165, 1.54) is 0 Å². The number of rotatable bonds is 7. The number of amides is 1. The summed E-state index contributed by atoms with van der Waals surface area (Å²) in [6.45, 7) is 4.97. The molecule has 0 spiro atoms. The quantitative estimate of drug-likeness (QED) is 0.575. The first-order valence-electron chi connectivity index (χ1n) is 5.21. The number of carbonyl (C=O) groups excluding carboxylic acids is 1. The van der Waals surface area contributed by atoms with Gasteiger partial charge in [-0.3, -0.25) is 4.79 Å². The van der Waals surface area contributed by atoms with Gasteiger partial charge in [-0.2, -0.15) is 0 Å². The van der Waals surface area contributed by atoms with Gasteiger partial charge in [-0.15, -0.1) is 0 Å². The number of ether oxygens (including phenoxy) is 1. The van der Waals surface area contributed by atoms with Crippen LogP contribution in [0.25, 0.3) is 0 Å². The molecule has 0 atom stereocenters. The molecule has 15 heavy (non-hydrogen) atoms. The van der Waals surface area contributed by atoms with Crippen LogP contribution in [0, 0.1) is 0 Å². The smallest absolute Gasteiger partial charge is 0.218 e.